The van der Waals surface area contributed by atoms with Crippen LogP contribution in [0.25, 0.3) is 22.9 Å². The van der Waals surface area contributed by atoms with Gasteiger partial charge in [0.25, 0.3) is 0 Å². The molecular formula is C20H16N4O4S. The van der Waals surface area contributed by atoms with Gasteiger partial charge in [0.05, 0.1) is 24.6 Å². The topological polar surface area (TPSA) is 98.5 Å². The molecule has 0 radical (unpaired) electrons. The second-order valence-corrected chi connectivity index (χ2v) is 6.27. The van der Waals surface area contributed by atoms with Crippen LogP contribution in [0.5, 0.6) is 0 Å². The summed E-state index contributed by atoms with van der Waals surface area (Å²) in [4.78, 5) is 11.7. The molecule has 3 aromatic heterocycles. The molecule has 0 bridgehead atoms. The van der Waals surface area contributed by atoms with E-state index in [0.717, 1.165) is 5.56 Å². The smallest absolute Gasteiger partial charge is 0.338 e. The van der Waals surface area contributed by atoms with Gasteiger partial charge in [-0.15, -0.1) is 5.10 Å². The van der Waals surface area contributed by atoms with Crippen LogP contribution in [-0.4, -0.2) is 33.7 Å². The first-order chi connectivity index (χ1) is 14.2. The summed E-state index contributed by atoms with van der Waals surface area (Å²) < 4.78 is 17.9. The van der Waals surface area contributed by atoms with Crippen molar-refractivity contribution in [1.29, 1.82) is 0 Å². The number of aromatic amines is 1. The van der Waals surface area contributed by atoms with Gasteiger partial charge in [-0.05, 0) is 55.5 Å². The molecule has 29 heavy (non-hydrogen) atoms. The monoisotopic (exact) mass is 408 g/mol. The number of rotatable bonds is 6. The highest BCUT2D eigenvalue weighted by Crippen LogP contribution is 2.23. The number of furan rings is 2. The summed E-state index contributed by atoms with van der Waals surface area (Å²) in [6, 6.07) is 14.1. The fourth-order valence-electron chi connectivity index (χ4n) is 2.64. The van der Waals surface area contributed by atoms with E-state index in [2.05, 4.69) is 15.3 Å². The molecule has 8 nitrogen and oxygen atoms in total. The maximum absolute atomic E-state index is 11.7. The van der Waals surface area contributed by atoms with E-state index in [-0.39, 0.29) is 5.97 Å². The normalized spacial score (nSPS) is 11.2. The molecule has 0 spiro atoms. The van der Waals surface area contributed by atoms with Gasteiger partial charge in [0, 0.05) is 5.56 Å². The summed E-state index contributed by atoms with van der Waals surface area (Å²) in [5, 5.41) is 11.2. The van der Waals surface area contributed by atoms with Gasteiger partial charge in [0.2, 0.25) is 10.6 Å². The predicted molar refractivity (Wildman–Crippen MR) is 108 cm³/mol. The Balaban J connectivity index is 1.54. The first kappa shape index (κ1) is 18.6. The maximum atomic E-state index is 11.7. The number of hydrogen-bond acceptors (Lipinski definition) is 7. The van der Waals surface area contributed by atoms with Crippen LogP contribution in [0.1, 0.15) is 23.0 Å². The molecule has 0 aliphatic carbocycles. The molecule has 3 heterocycles. The van der Waals surface area contributed by atoms with Crippen LogP contribution < -0.4 is 0 Å². The zero-order valence-electron chi connectivity index (χ0n) is 15.4. The highest BCUT2D eigenvalue weighted by atomic mass is 32.1. The lowest BCUT2D eigenvalue weighted by Gasteiger charge is -2.02. The van der Waals surface area contributed by atoms with Gasteiger partial charge in [-0.2, -0.15) is 9.78 Å². The quantitative estimate of drug-likeness (QED) is 0.286. The number of benzene rings is 1. The molecular weight excluding hydrogens is 392 g/mol. The summed E-state index contributed by atoms with van der Waals surface area (Å²) in [6.45, 7) is 2.11. The van der Waals surface area contributed by atoms with Crippen molar-refractivity contribution in [3.63, 3.8) is 0 Å². The predicted octanol–water partition coefficient (Wildman–Crippen LogP) is 4.52. The Morgan fingerprint density at radius 2 is 2.07 bits per heavy atom. The molecule has 4 aromatic rings. The molecule has 4 rings (SSSR count). The van der Waals surface area contributed by atoms with E-state index in [1.165, 1.54) is 10.9 Å². The molecule has 0 fully saturated rings. The second-order valence-electron chi connectivity index (χ2n) is 5.89. The minimum atomic E-state index is -0.351. The Morgan fingerprint density at radius 3 is 2.79 bits per heavy atom. The highest BCUT2D eigenvalue weighted by Gasteiger charge is 2.11. The van der Waals surface area contributed by atoms with Gasteiger partial charge in [-0.25, -0.2) is 9.89 Å². The van der Waals surface area contributed by atoms with Crippen LogP contribution in [0.3, 0.4) is 0 Å². The minimum absolute atomic E-state index is 0.328. The van der Waals surface area contributed by atoms with Crippen molar-refractivity contribution in [3.05, 3.63) is 70.9 Å². The molecule has 146 valence electrons. The van der Waals surface area contributed by atoms with Crippen LogP contribution in [0, 0.1) is 4.77 Å². The first-order valence-electron chi connectivity index (χ1n) is 8.78. The lowest BCUT2D eigenvalue weighted by atomic mass is 10.1. The minimum Gasteiger partial charge on any atom is -0.462 e. The van der Waals surface area contributed by atoms with E-state index in [1.807, 2.05) is 6.07 Å². The van der Waals surface area contributed by atoms with E-state index in [4.69, 9.17) is 25.8 Å². The lowest BCUT2D eigenvalue weighted by molar-refractivity contribution is 0.0526. The fraction of sp³-hybridized carbons (Fsp3) is 0.100. The van der Waals surface area contributed by atoms with E-state index in [9.17, 15) is 4.79 Å². The summed E-state index contributed by atoms with van der Waals surface area (Å²) in [5.41, 5.74) is 1.32. The Labute approximate surface area is 170 Å². The molecule has 0 unspecified atom stereocenters. The summed E-state index contributed by atoms with van der Waals surface area (Å²) in [6.07, 6.45) is 3.08. The summed E-state index contributed by atoms with van der Waals surface area (Å²) >= 11 is 5.22. The number of nitrogens with zero attached hydrogens (tertiary/aromatic N) is 3. The molecule has 0 atom stereocenters. The van der Waals surface area contributed by atoms with Crippen molar-refractivity contribution in [2.75, 3.05) is 6.61 Å². The molecule has 0 aliphatic rings. The molecule has 0 saturated carbocycles. The second kappa shape index (κ2) is 8.11. The average molecular weight is 408 g/mol. The SMILES string of the molecule is CCOC(=O)c1ccc(-c2ccc(/C=N\n3c(-c4ccco4)n[nH]c3=S)o2)cc1. The Hall–Kier alpha value is -3.72. The summed E-state index contributed by atoms with van der Waals surface area (Å²) in [7, 11) is 0. The van der Waals surface area contributed by atoms with Crippen LogP contribution >= 0.6 is 12.2 Å². The van der Waals surface area contributed by atoms with Gasteiger partial charge in [0.1, 0.15) is 11.5 Å². The third-order valence-corrected chi connectivity index (χ3v) is 4.26. The molecule has 1 aromatic carbocycles. The molecule has 1 N–H and O–H groups in total. The van der Waals surface area contributed by atoms with E-state index in [1.54, 1.807) is 55.7 Å². The molecule has 0 saturated heterocycles. The third kappa shape index (κ3) is 3.94. The van der Waals surface area contributed by atoms with Crippen molar-refractivity contribution in [1.82, 2.24) is 14.9 Å². The summed E-state index contributed by atoms with van der Waals surface area (Å²) in [5.74, 6) is 1.82. The van der Waals surface area contributed by atoms with Crippen LogP contribution in [0.15, 0.2) is 68.7 Å². The van der Waals surface area contributed by atoms with Crippen LogP contribution in [0.2, 0.25) is 0 Å². The van der Waals surface area contributed by atoms with E-state index >= 15 is 0 Å². The fourth-order valence-corrected chi connectivity index (χ4v) is 2.82. The van der Waals surface area contributed by atoms with Crippen LogP contribution in [0.4, 0.5) is 0 Å². The highest BCUT2D eigenvalue weighted by molar-refractivity contribution is 7.71. The number of carbonyl (C=O) groups is 1. The molecule has 9 heteroatoms. The molecule has 0 aliphatic heterocycles. The van der Waals surface area contributed by atoms with Crippen molar-refractivity contribution >= 4 is 24.4 Å². The van der Waals surface area contributed by atoms with Crippen molar-refractivity contribution in [2.45, 2.75) is 6.92 Å². The van der Waals surface area contributed by atoms with E-state index in [0.29, 0.717) is 40.0 Å². The van der Waals surface area contributed by atoms with Crippen LogP contribution in [-0.2, 0) is 4.74 Å². The number of ether oxygens (including phenoxy) is 1. The lowest BCUT2D eigenvalue weighted by Crippen LogP contribution is -2.03. The maximum Gasteiger partial charge on any atom is 0.338 e. The number of hydrogen-bond donors (Lipinski definition) is 1. The number of H-pyrrole nitrogens is 1. The zero-order valence-corrected chi connectivity index (χ0v) is 16.2. The van der Waals surface area contributed by atoms with Gasteiger partial charge < -0.3 is 13.6 Å². The number of esters is 1. The van der Waals surface area contributed by atoms with Gasteiger partial charge >= 0.3 is 5.97 Å². The average Bonchev–Trinajstić information content (AvgIpc) is 3.48. The van der Waals surface area contributed by atoms with Crippen molar-refractivity contribution in [3.8, 4) is 22.9 Å². The Morgan fingerprint density at radius 1 is 1.24 bits per heavy atom. The number of nitrogens with one attached hydrogen (secondary N) is 1. The number of carbonyl (C=O) groups excluding carboxylic acids is 1. The largest absolute Gasteiger partial charge is 0.462 e. The van der Waals surface area contributed by atoms with Gasteiger partial charge in [-0.1, -0.05) is 12.1 Å². The van der Waals surface area contributed by atoms with Gasteiger partial charge in [-0.3, -0.25) is 0 Å². The van der Waals surface area contributed by atoms with Crippen molar-refractivity contribution < 1.29 is 18.4 Å². The number of aromatic nitrogens is 3. The third-order valence-electron chi connectivity index (χ3n) is 4.00. The Kier molecular flexibility index (Phi) is 5.21. The standard InChI is InChI=1S/C20H16N4O4S/c1-2-26-19(25)14-7-5-13(6-8-14)16-10-9-15(28-16)12-21-24-18(22-23-20(24)29)17-4-3-11-27-17/h3-12H,2H2,1H3,(H,23,29)/b21-12-. The Bertz CT molecular complexity index is 1200. The van der Waals surface area contributed by atoms with Gasteiger partial charge in [0.15, 0.2) is 5.76 Å². The van der Waals surface area contributed by atoms with Crippen molar-refractivity contribution in [2.24, 2.45) is 5.10 Å². The molecule has 0 amide bonds. The van der Waals surface area contributed by atoms with E-state index < -0.39 is 0 Å². The first-order valence-corrected chi connectivity index (χ1v) is 9.19. The zero-order chi connectivity index (χ0) is 20.2.